The van der Waals surface area contributed by atoms with Crippen LogP contribution < -0.4 is 21.7 Å². The molecule has 1 unspecified atom stereocenters. The van der Waals surface area contributed by atoms with E-state index < -0.39 is 0 Å². The van der Waals surface area contributed by atoms with Crippen LogP contribution in [-0.2, 0) is 0 Å². The molecule has 4 heteroatoms. The lowest BCUT2D eigenvalue weighted by Crippen LogP contribution is -2.39. The predicted octanol–water partition coefficient (Wildman–Crippen LogP) is -1.51. The largest absolute Gasteiger partial charge is 0.327 e. The molecule has 2 aliphatic heterocycles. The SMILES string of the molecule is C1CNCCN1.NC1CCNC1. The molecule has 0 spiro atoms. The summed E-state index contributed by atoms with van der Waals surface area (Å²) in [7, 11) is 0. The van der Waals surface area contributed by atoms with Gasteiger partial charge in [0.2, 0.25) is 0 Å². The Labute approximate surface area is 74.3 Å². The van der Waals surface area contributed by atoms with Gasteiger partial charge in [0.05, 0.1) is 0 Å². The van der Waals surface area contributed by atoms with Crippen molar-refractivity contribution in [1.29, 1.82) is 0 Å². The number of hydrogen-bond donors (Lipinski definition) is 4. The Hall–Kier alpha value is -0.160. The highest BCUT2D eigenvalue weighted by Crippen LogP contribution is 1.90. The second kappa shape index (κ2) is 6.37. The molecular formula is C8H20N4. The van der Waals surface area contributed by atoms with Crippen molar-refractivity contribution >= 4 is 0 Å². The van der Waals surface area contributed by atoms with Gasteiger partial charge in [-0.05, 0) is 13.0 Å². The highest BCUT2D eigenvalue weighted by molar-refractivity contribution is 4.72. The van der Waals surface area contributed by atoms with Crippen LogP contribution in [0.25, 0.3) is 0 Å². The number of hydrogen-bond acceptors (Lipinski definition) is 4. The molecule has 4 nitrogen and oxygen atoms in total. The van der Waals surface area contributed by atoms with E-state index in [-0.39, 0.29) is 0 Å². The zero-order valence-electron chi connectivity index (χ0n) is 7.60. The predicted molar refractivity (Wildman–Crippen MR) is 51.2 cm³/mol. The first-order valence-electron chi connectivity index (χ1n) is 4.77. The van der Waals surface area contributed by atoms with E-state index in [0.29, 0.717) is 6.04 Å². The Kier molecular flexibility index (Phi) is 5.27. The van der Waals surface area contributed by atoms with Gasteiger partial charge in [-0.1, -0.05) is 0 Å². The fourth-order valence-electron chi connectivity index (χ4n) is 1.28. The van der Waals surface area contributed by atoms with Crippen molar-refractivity contribution in [2.75, 3.05) is 39.3 Å². The van der Waals surface area contributed by atoms with Gasteiger partial charge in [-0.3, -0.25) is 0 Å². The Morgan fingerprint density at radius 3 is 1.58 bits per heavy atom. The van der Waals surface area contributed by atoms with E-state index in [0.717, 1.165) is 45.7 Å². The molecule has 1 atom stereocenters. The van der Waals surface area contributed by atoms with Crippen LogP contribution in [0.1, 0.15) is 6.42 Å². The van der Waals surface area contributed by atoms with Crippen LogP contribution in [-0.4, -0.2) is 45.3 Å². The molecule has 2 aliphatic rings. The fraction of sp³-hybridized carbons (Fsp3) is 1.00. The second-order valence-corrected chi connectivity index (χ2v) is 3.25. The lowest BCUT2D eigenvalue weighted by atomic mass is 10.3. The smallest absolute Gasteiger partial charge is 0.0177 e. The molecule has 0 aromatic heterocycles. The summed E-state index contributed by atoms with van der Waals surface area (Å²) in [6.45, 7) is 6.68. The molecule has 0 aliphatic carbocycles. The summed E-state index contributed by atoms with van der Waals surface area (Å²) in [4.78, 5) is 0. The Morgan fingerprint density at radius 2 is 1.42 bits per heavy atom. The van der Waals surface area contributed by atoms with Gasteiger partial charge < -0.3 is 21.7 Å². The van der Waals surface area contributed by atoms with Gasteiger partial charge in [-0.2, -0.15) is 0 Å². The topological polar surface area (TPSA) is 62.1 Å². The summed E-state index contributed by atoms with van der Waals surface area (Å²) >= 11 is 0. The molecule has 0 bridgehead atoms. The normalized spacial score (nSPS) is 29.2. The van der Waals surface area contributed by atoms with Gasteiger partial charge in [0.1, 0.15) is 0 Å². The third-order valence-corrected chi connectivity index (χ3v) is 2.06. The lowest BCUT2D eigenvalue weighted by molar-refractivity contribution is 0.534. The molecule has 12 heavy (non-hydrogen) atoms. The number of nitrogens with one attached hydrogen (secondary N) is 3. The molecule has 2 fully saturated rings. The van der Waals surface area contributed by atoms with Crippen molar-refractivity contribution < 1.29 is 0 Å². The molecule has 5 N–H and O–H groups in total. The maximum absolute atomic E-state index is 5.47. The van der Waals surface area contributed by atoms with Crippen LogP contribution in [0.3, 0.4) is 0 Å². The van der Waals surface area contributed by atoms with Crippen LogP contribution in [0, 0.1) is 0 Å². The third kappa shape index (κ3) is 4.66. The fourth-order valence-corrected chi connectivity index (χ4v) is 1.28. The average molecular weight is 172 g/mol. The van der Waals surface area contributed by atoms with Crippen LogP contribution in [0.5, 0.6) is 0 Å². The van der Waals surface area contributed by atoms with E-state index in [2.05, 4.69) is 16.0 Å². The number of piperazine rings is 1. The van der Waals surface area contributed by atoms with Gasteiger partial charge in [0.25, 0.3) is 0 Å². The second-order valence-electron chi connectivity index (χ2n) is 3.25. The molecule has 0 radical (unpaired) electrons. The van der Waals surface area contributed by atoms with Crippen LogP contribution >= 0.6 is 0 Å². The van der Waals surface area contributed by atoms with Crippen molar-refractivity contribution in [2.24, 2.45) is 5.73 Å². The minimum absolute atomic E-state index is 0.435. The zero-order valence-corrected chi connectivity index (χ0v) is 7.60. The monoisotopic (exact) mass is 172 g/mol. The van der Waals surface area contributed by atoms with Crippen LogP contribution in [0.4, 0.5) is 0 Å². The summed E-state index contributed by atoms with van der Waals surface area (Å²) < 4.78 is 0. The summed E-state index contributed by atoms with van der Waals surface area (Å²) in [5, 5.41) is 9.59. The molecule has 0 amide bonds. The summed E-state index contributed by atoms with van der Waals surface area (Å²) in [5.74, 6) is 0. The summed E-state index contributed by atoms with van der Waals surface area (Å²) in [6.07, 6.45) is 1.15. The highest BCUT2D eigenvalue weighted by atomic mass is 15.0. The van der Waals surface area contributed by atoms with Crippen molar-refractivity contribution in [3.63, 3.8) is 0 Å². The third-order valence-electron chi connectivity index (χ3n) is 2.06. The van der Waals surface area contributed by atoms with E-state index in [9.17, 15) is 0 Å². The highest BCUT2D eigenvalue weighted by Gasteiger charge is 2.06. The van der Waals surface area contributed by atoms with Crippen molar-refractivity contribution in [3.8, 4) is 0 Å². The molecule has 0 aromatic rings. The Balaban J connectivity index is 0.000000120. The van der Waals surface area contributed by atoms with Crippen LogP contribution in [0.15, 0.2) is 0 Å². The van der Waals surface area contributed by atoms with Gasteiger partial charge in [-0.15, -0.1) is 0 Å². The standard InChI is InChI=1S/2C4H10N2/c1-2-6-4-3-5-1;5-4-1-2-6-3-4/h5-6H,1-4H2;4,6H,1-3,5H2. The van der Waals surface area contributed by atoms with Gasteiger partial charge in [0.15, 0.2) is 0 Å². The zero-order chi connectivity index (χ0) is 8.65. The van der Waals surface area contributed by atoms with Gasteiger partial charge in [-0.25, -0.2) is 0 Å². The minimum atomic E-state index is 0.435. The maximum Gasteiger partial charge on any atom is 0.0177 e. The number of nitrogens with two attached hydrogens (primary N) is 1. The van der Waals surface area contributed by atoms with E-state index in [1.807, 2.05) is 0 Å². The maximum atomic E-state index is 5.47. The molecular weight excluding hydrogens is 152 g/mol. The molecule has 0 aromatic carbocycles. The average Bonchev–Trinajstić information content (AvgIpc) is 2.60. The van der Waals surface area contributed by atoms with Crippen molar-refractivity contribution in [1.82, 2.24) is 16.0 Å². The van der Waals surface area contributed by atoms with E-state index in [1.165, 1.54) is 0 Å². The van der Waals surface area contributed by atoms with E-state index in [1.54, 1.807) is 0 Å². The lowest BCUT2D eigenvalue weighted by Gasteiger charge is -2.11. The first kappa shape index (κ1) is 9.92. The summed E-state index contributed by atoms with van der Waals surface area (Å²) in [6, 6.07) is 0.435. The van der Waals surface area contributed by atoms with Crippen molar-refractivity contribution in [2.45, 2.75) is 12.5 Å². The Morgan fingerprint density at radius 1 is 0.833 bits per heavy atom. The van der Waals surface area contributed by atoms with E-state index in [4.69, 9.17) is 5.73 Å². The van der Waals surface area contributed by atoms with E-state index >= 15 is 0 Å². The Bertz CT molecular complexity index is 85.7. The molecule has 2 rings (SSSR count). The first-order valence-corrected chi connectivity index (χ1v) is 4.77. The summed E-state index contributed by atoms with van der Waals surface area (Å²) in [5.41, 5.74) is 5.47. The van der Waals surface area contributed by atoms with Gasteiger partial charge >= 0.3 is 0 Å². The first-order chi connectivity index (χ1) is 5.89. The number of rotatable bonds is 0. The van der Waals surface area contributed by atoms with Crippen LogP contribution in [0.2, 0.25) is 0 Å². The van der Waals surface area contributed by atoms with Gasteiger partial charge in [0, 0.05) is 38.8 Å². The van der Waals surface area contributed by atoms with Crippen molar-refractivity contribution in [3.05, 3.63) is 0 Å². The molecule has 2 heterocycles. The molecule has 2 saturated heterocycles. The minimum Gasteiger partial charge on any atom is -0.327 e. The quantitative estimate of drug-likeness (QED) is 0.359. The molecule has 72 valence electrons. The molecule has 0 saturated carbocycles.